The van der Waals surface area contributed by atoms with Gasteiger partial charge in [0.25, 0.3) is 11.7 Å². The summed E-state index contributed by atoms with van der Waals surface area (Å²) < 4.78 is 16.2. The lowest BCUT2D eigenvalue weighted by atomic mass is 9.90. The van der Waals surface area contributed by atoms with Gasteiger partial charge in [0.05, 0.1) is 21.3 Å². The molecule has 250 valence electrons. The number of amides is 2. The van der Waals surface area contributed by atoms with Gasteiger partial charge in [-0.05, 0) is 79.3 Å². The lowest BCUT2D eigenvalue weighted by molar-refractivity contribution is -0.138. The van der Waals surface area contributed by atoms with E-state index in [4.69, 9.17) is 14.2 Å². The third-order valence-electron chi connectivity index (χ3n) is 8.98. The van der Waals surface area contributed by atoms with Crippen molar-refractivity contribution in [1.82, 2.24) is 10.2 Å². The first kappa shape index (κ1) is 34.2. The van der Waals surface area contributed by atoms with E-state index >= 15 is 0 Å². The van der Waals surface area contributed by atoms with Crippen LogP contribution in [0.25, 0.3) is 0 Å². The molecule has 0 bridgehead atoms. The second-order valence-corrected chi connectivity index (χ2v) is 12.1. The van der Waals surface area contributed by atoms with Gasteiger partial charge in [-0.25, -0.2) is 0 Å². The van der Waals surface area contributed by atoms with E-state index in [-0.39, 0.29) is 35.6 Å². The monoisotopic (exact) mass is 648 g/mol. The molecule has 0 radical (unpaired) electrons. The fourth-order valence-corrected chi connectivity index (χ4v) is 6.50. The van der Waals surface area contributed by atoms with E-state index in [0.717, 1.165) is 49.7 Å². The van der Waals surface area contributed by atoms with E-state index < -0.39 is 17.7 Å². The maximum atomic E-state index is 14.3. The molecule has 8 heteroatoms. The number of rotatable bonds is 15. The summed E-state index contributed by atoms with van der Waals surface area (Å²) in [6.07, 6.45) is 5.75. The van der Waals surface area contributed by atoms with Crippen LogP contribution in [0.1, 0.15) is 64.3 Å². The third-order valence-corrected chi connectivity index (χ3v) is 8.98. The van der Waals surface area contributed by atoms with Crippen LogP contribution in [0.3, 0.4) is 0 Å². The SMILES string of the molecule is COc1cc(C(=O)C(=O)N2CCc3ccccc3[C@H]2C(=O)NC(CCCc2ccccc2)CCCc2ccccc2)cc(OC)c1OC. The summed E-state index contributed by atoms with van der Waals surface area (Å²) >= 11 is 0. The Morgan fingerprint density at radius 2 is 1.29 bits per heavy atom. The van der Waals surface area contributed by atoms with Gasteiger partial charge in [0.2, 0.25) is 11.7 Å². The van der Waals surface area contributed by atoms with Crippen LogP contribution in [0.2, 0.25) is 0 Å². The number of carbonyl (C=O) groups is 3. The van der Waals surface area contributed by atoms with Crippen LogP contribution in [-0.4, -0.2) is 56.4 Å². The number of methoxy groups -OCH3 is 3. The van der Waals surface area contributed by atoms with Crippen LogP contribution < -0.4 is 19.5 Å². The van der Waals surface area contributed by atoms with Gasteiger partial charge in [-0.2, -0.15) is 0 Å². The number of hydrogen-bond donors (Lipinski definition) is 1. The molecule has 4 aromatic carbocycles. The molecule has 0 saturated heterocycles. The van der Waals surface area contributed by atoms with Crippen LogP contribution in [0.4, 0.5) is 0 Å². The number of benzene rings is 4. The number of hydrogen-bond acceptors (Lipinski definition) is 6. The number of carbonyl (C=O) groups excluding carboxylic acids is 3. The summed E-state index contributed by atoms with van der Waals surface area (Å²) in [6, 6.07) is 30.2. The van der Waals surface area contributed by atoms with E-state index in [2.05, 4.69) is 29.6 Å². The molecule has 1 aliphatic heterocycles. The van der Waals surface area contributed by atoms with Gasteiger partial charge in [0.15, 0.2) is 11.5 Å². The van der Waals surface area contributed by atoms with E-state index in [1.165, 1.54) is 49.5 Å². The van der Waals surface area contributed by atoms with E-state index in [0.29, 0.717) is 12.2 Å². The fraction of sp³-hybridized carbons (Fsp3) is 0.325. The van der Waals surface area contributed by atoms with Crippen LogP contribution in [0, 0.1) is 0 Å². The summed E-state index contributed by atoms with van der Waals surface area (Å²) in [4.78, 5) is 43.5. The fourth-order valence-electron chi connectivity index (χ4n) is 6.50. The smallest absolute Gasteiger partial charge is 0.295 e. The zero-order valence-corrected chi connectivity index (χ0v) is 27.9. The highest BCUT2D eigenvalue weighted by Gasteiger charge is 2.39. The maximum absolute atomic E-state index is 14.3. The average molecular weight is 649 g/mol. The Bertz CT molecular complexity index is 1620. The lowest BCUT2D eigenvalue weighted by Crippen LogP contribution is -2.51. The molecule has 1 N–H and O–H groups in total. The highest BCUT2D eigenvalue weighted by atomic mass is 16.5. The predicted octanol–water partition coefficient (Wildman–Crippen LogP) is 6.55. The average Bonchev–Trinajstić information content (AvgIpc) is 3.13. The van der Waals surface area contributed by atoms with Crippen molar-refractivity contribution in [2.75, 3.05) is 27.9 Å². The Hall–Kier alpha value is -5.11. The molecule has 0 aromatic heterocycles. The molecule has 4 aromatic rings. The van der Waals surface area contributed by atoms with Crippen molar-refractivity contribution in [2.24, 2.45) is 0 Å². The van der Waals surface area contributed by atoms with Crippen molar-refractivity contribution in [3.8, 4) is 17.2 Å². The molecule has 8 nitrogen and oxygen atoms in total. The molecule has 48 heavy (non-hydrogen) atoms. The van der Waals surface area contributed by atoms with Crippen LogP contribution in [-0.2, 0) is 28.9 Å². The van der Waals surface area contributed by atoms with Crippen molar-refractivity contribution < 1.29 is 28.6 Å². The van der Waals surface area contributed by atoms with Gasteiger partial charge in [-0.15, -0.1) is 0 Å². The van der Waals surface area contributed by atoms with Crippen molar-refractivity contribution in [3.05, 3.63) is 125 Å². The number of Topliss-reactive ketones (excluding diaryl/α,β-unsaturated/α-hetero) is 1. The molecule has 0 fully saturated rings. The number of fused-ring (bicyclic) bond motifs is 1. The molecule has 1 aliphatic rings. The van der Waals surface area contributed by atoms with Crippen LogP contribution in [0.15, 0.2) is 97.1 Å². The van der Waals surface area contributed by atoms with Gasteiger partial charge in [0, 0.05) is 18.2 Å². The zero-order chi connectivity index (χ0) is 33.9. The number of ether oxygens (including phenoxy) is 3. The first-order valence-electron chi connectivity index (χ1n) is 16.5. The summed E-state index contributed by atoms with van der Waals surface area (Å²) in [5.41, 5.74) is 4.34. The number of aryl methyl sites for hydroxylation is 2. The molecule has 0 unspecified atom stereocenters. The first-order valence-corrected chi connectivity index (χ1v) is 16.5. The lowest BCUT2D eigenvalue weighted by Gasteiger charge is -2.37. The van der Waals surface area contributed by atoms with Crippen molar-refractivity contribution >= 4 is 17.6 Å². The molecule has 2 amide bonds. The van der Waals surface area contributed by atoms with Crippen LogP contribution in [0.5, 0.6) is 17.2 Å². The second-order valence-electron chi connectivity index (χ2n) is 12.1. The van der Waals surface area contributed by atoms with Gasteiger partial charge in [-0.1, -0.05) is 84.9 Å². The minimum Gasteiger partial charge on any atom is -0.493 e. The summed E-state index contributed by atoms with van der Waals surface area (Å²) in [6.45, 7) is 0.233. The van der Waals surface area contributed by atoms with Gasteiger partial charge >= 0.3 is 0 Å². The normalized spacial score (nSPS) is 13.8. The number of ketones is 1. The first-order chi connectivity index (χ1) is 23.4. The minimum absolute atomic E-state index is 0.0900. The predicted molar refractivity (Wildman–Crippen MR) is 186 cm³/mol. The summed E-state index contributed by atoms with van der Waals surface area (Å²) in [5.74, 6) is -0.950. The molecule has 1 heterocycles. The molecule has 0 aliphatic carbocycles. The Morgan fingerprint density at radius 1 is 0.750 bits per heavy atom. The Balaban J connectivity index is 1.38. The van der Waals surface area contributed by atoms with Crippen molar-refractivity contribution in [1.29, 1.82) is 0 Å². The topological polar surface area (TPSA) is 94.2 Å². The standard InChI is InChI=1S/C40H44N2O6/c1-46-34-26-31(27-35(47-2)38(34)48-3)37(43)40(45)42-25-24-30-20-10-11-23-33(30)36(42)39(44)41-32(21-12-18-28-14-6-4-7-15-28)22-13-19-29-16-8-5-9-17-29/h4-11,14-17,20,23,26-27,32,36H,12-13,18-19,21-22,24-25H2,1-3H3,(H,41,44)/t36-/m0/s1. The molecule has 1 atom stereocenters. The van der Waals surface area contributed by atoms with Crippen molar-refractivity contribution in [2.45, 2.75) is 57.0 Å². The van der Waals surface area contributed by atoms with Crippen molar-refractivity contribution in [3.63, 3.8) is 0 Å². The highest BCUT2D eigenvalue weighted by Crippen LogP contribution is 2.39. The van der Waals surface area contributed by atoms with E-state index in [9.17, 15) is 14.4 Å². The molecular weight excluding hydrogens is 604 g/mol. The Morgan fingerprint density at radius 3 is 1.83 bits per heavy atom. The quantitative estimate of drug-likeness (QED) is 0.116. The van der Waals surface area contributed by atoms with Gasteiger partial charge < -0.3 is 24.4 Å². The van der Waals surface area contributed by atoms with Crippen LogP contribution >= 0.6 is 0 Å². The summed E-state index contributed by atoms with van der Waals surface area (Å²) in [7, 11) is 4.37. The third kappa shape index (κ3) is 8.23. The molecule has 0 spiro atoms. The van der Waals surface area contributed by atoms with E-state index in [1.807, 2.05) is 60.7 Å². The molecular formula is C40H44N2O6. The maximum Gasteiger partial charge on any atom is 0.295 e. The minimum atomic E-state index is -0.945. The Labute approximate surface area is 283 Å². The van der Waals surface area contributed by atoms with Gasteiger partial charge in [0.1, 0.15) is 6.04 Å². The largest absolute Gasteiger partial charge is 0.493 e. The van der Waals surface area contributed by atoms with Gasteiger partial charge in [-0.3, -0.25) is 14.4 Å². The Kier molecular flexibility index (Phi) is 11.9. The second kappa shape index (κ2) is 16.6. The molecule has 5 rings (SSSR count). The zero-order valence-electron chi connectivity index (χ0n) is 27.9. The molecule has 0 saturated carbocycles. The van der Waals surface area contributed by atoms with E-state index in [1.54, 1.807) is 0 Å². The summed E-state index contributed by atoms with van der Waals surface area (Å²) in [5, 5.41) is 3.31. The number of nitrogens with one attached hydrogen (secondary N) is 1. The number of nitrogens with zero attached hydrogens (tertiary/aromatic N) is 1. The highest BCUT2D eigenvalue weighted by molar-refractivity contribution is 6.43.